The number of hydrogen-bond donors (Lipinski definition) is 0. The number of methoxy groups -OCH3 is 1. The lowest BCUT2D eigenvalue weighted by molar-refractivity contribution is 0.256. The Kier molecular flexibility index (Phi) is 4.05. The third kappa shape index (κ3) is 2.99. The van der Waals surface area contributed by atoms with Crippen molar-refractivity contribution < 1.29 is 4.74 Å². The van der Waals surface area contributed by atoms with E-state index in [4.69, 9.17) is 16.3 Å². The Morgan fingerprint density at radius 1 is 1.33 bits per heavy atom. The van der Waals surface area contributed by atoms with Crippen molar-refractivity contribution in [3.8, 4) is 5.75 Å². The second-order valence-electron chi connectivity index (χ2n) is 6.12. The molecule has 3 nitrogen and oxygen atoms in total. The number of aromatic nitrogens is 1. The van der Waals surface area contributed by atoms with Crippen molar-refractivity contribution in [2.24, 2.45) is 5.92 Å². The van der Waals surface area contributed by atoms with Gasteiger partial charge in [0, 0.05) is 36.1 Å². The van der Waals surface area contributed by atoms with E-state index in [0.29, 0.717) is 11.2 Å². The fourth-order valence-corrected chi connectivity index (χ4v) is 3.44. The predicted molar refractivity (Wildman–Crippen MR) is 87.0 cm³/mol. The summed E-state index contributed by atoms with van der Waals surface area (Å²) < 4.78 is 5.23. The summed E-state index contributed by atoms with van der Waals surface area (Å²) in [7, 11) is 1.66. The average Bonchev–Trinajstić information content (AvgIpc) is 2.77. The summed E-state index contributed by atoms with van der Waals surface area (Å²) in [4.78, 5) is 7.02. The highest BCUT2D eigenvalue weighted by Gasteiger charge is 2.26. The maximum atomic E-state index is 6.38. The van der Waals surface area contributed by atoms with Gasteiger partial charge in [0.15, 0.2) is 0 Å². The van der Waals surface area contributed by atoms with Gasteiger partial charge in [-0.25, -0.2) is 4.98 Å². The quantitative estimate of drug-likeness (QED) is 0.797. The molecule has 0 saturated carbocycles. The Bertz CT molecular complexity index is 659. The number of halogens is 1. The van der Waals surface area contributed by atoms with Crippen LogP contribution in [0.25, 0.3) is 10.9 Å². The number of ether oxygens (including phenoxy) is 1. The minimum atomic E-state index is 0.600. The maximum absolute atomic E-state index is 6.38. The van der Waals surface area contributed by atoms with E-state index in [1.54, 1.807) is 7.11 Å². The van der Waals surface area contributed by atoms with Crippen LogP contribution in [-0.4, -0.2) is 29.6 Å². The van der Waals surface area contributed by atoms with E-state index in [-0.39, 0.29) is 0 Å². The first kappa shape index (κ1) is 14.6. The fraction of sp³-hybridized carbons (Fsp3) is 0.471. The van der Waals surface area contributed by atoms with Gasteiger partial charge in [0.2, 0.25) is 0 Å². The number of pyridine rings is 1. The molecule has 1 aromatic carbocycles. The van der Waals surface area contributed by atoms with Crippen LogP contribution in [0.2, 0.25) is 5.15 Å². The van der Waals surface area contributed by atoms with E-state index in [9.17, 15) is 0 Å². The highest BCUT2D eigenvalue weighted by molar-refractivity contribution is 6.30. The van der Waals surface area contributed by atoms with Crippen molar-refractivity contribution in [1.29, 1.82) is 0 Å². The van der Waals surface area contributed by atoms with Crippen molar-refractivity contribution in [3.05, 3.63) is 35.0 Å². The summed E-state index contributed by atoms with van der Waals surface area (Å²) >= 11 is 6.38. The monoisotopic (exact) mass is 304 g/mol. The number of benzene rings is 1. The van der Waals surface area contributed by atoms with Crippen LogP contribution >= 0.6 is 11.6 Å². The first-order valence-corrected chi connectivity index (χ1v) is 7.82. The molecule has 1 fully saturated rings. The van der Waals surface area contributed by atoms with Crippen LogP contribution in [-0.2, 0) is 6.54 Å². The maximum Gasteiger partial charge on any atom is 0.134 e. The van der Waals surface area contributed by atoms with Crippen molar-refractivity contribution in [2.75, 3.05) is 13.7 Å². The molecule has 2 atom stereocenters. The van der Waals surface area contributed by atoms with Crippen molar-refractivity contribution >= 4 is 22.5 Å². The van der Waals surface area contributed by atoms with E-state index in [1.165, 1.54) is 6.42 Å². The van der Waals surface area contributed by atoms with Crippen molar-refractivity contribution in [1.82, 2.24) is 9.88 Å². The molecule has 0 spiro atoms. The largest absolute Gasteiger partial charge is 0.497 e. The fourth-order valence-electron chi connectivity index (χ4n) is 3.23. The highest BCUT2D eigenvalue weighted by atomic mass is 35.5. The van der Waals surface area contributed by atoms with Gasteiger partial charge in [0.25, 0.3) is 0 Å². The molecule has 0 N–H and O–H groups in total. The number of likely N-dealkylation sites (tertiary alicyclic amines) is 1. The van der Waals surface area contributed by atoms with Gasteiger partial charge in [-0.2, -0.15) is 0 Å². The zero-order chi connectivity index (χ0) is 15.0. The molecule has 3 rings (SSSR count). The minimum absolute atomic E-state index is 0.600. The predicted octanol–water partition coefficient (Wildman–Crippen LogP) is 4.13. The molecule has 1 aromatic heterocycles. The average molecular weight is 305 g/mol. The molecule has 1 aliphatic heterocycles. The second-order valence-corrected chi connectivity index (χ2v) is 6.47. The van der Waals surface area contributed by atoms with Gasteiger partial charge in [-0.15, -0.1) is 0 Å². The Hall–Kier alpha value is -1.32. The smallest absolute Gasteiger partial charge is 0.134 e. The first-order valence-electron chi connectivity index (χ1n) is 7.44. The van der Waals surface area contributed by atoms with Crippen molar-refractivity contribution in [2.45, 2.75) is 32.9 Å². The van der Waals surface area contributed by atoms with E-state index in [0.717, 1.165) is 41.2 Å². The SMILES string of the molecule is COc1ccc2cc(CN3CC(C)CC3C)c(Cl)nc2c1. The molecular formula is C17H21ClN2O. The molecule has 112 valence electrons. The number of rotatable bonds is 3. The molecule has 0 bridgehead atoms. The van der Waals surface area contributed by atoms with Gasteiger partial charge < -0.3 is 4.74 Å². The van der Waals surface area contributed by atoms with E-state index >= 15 is 0 Å². The van der Waals surface area contributed by atoms with Crippen LogP contribution in [0.15, 0.2) is 24.3 Å². The molecule has 21 heavy (non-hydrogen) atoms. The summed E-state index contributed by atoms with van der Waals surface area (Å²) in [6, 6.07) is 8.69. The molecule has 0 radical (unpaired) electrons. The third-order valence-electron chi connectivity index (χ3n) is 4.34. The van der Waals surface area contributed by atoms with Gasteiger partial charge >= 0.3 is 0 Å². The normalized spacial score (nSPS) is 22.9. The Labute approximate surface area is 130 Å². The van der Waals surface area contributed by atoms with E-state index < -0.39 is 0 Å². The molecule has 1 aliphatic rings. The summed E-state index contributed by atoms with van der Waals surface area (Å²) in [5.74, 6) is 1.57. The van der Waals surface area contributed by atoms with Crippen LogP contribution in [0.5, 0.6) is 5.75 Å². The lowest BCUT2D eigenvalue weighted by atomic mass is 10.1. The second kappa shape index (κ2) is 5.82. The molecule has 2 unspecified atom stereocenters. The lowest BCUT2D eigenvalue weighted by Gasteiger charge is -2.21. The number of fused-ring (bicyclic) bond motifs is 1. The molecule has 2 heterocycles. The van der Waals surface area contributed by atoms with Gasteiger partial charge in [0.05, 0.1) is 12.6 Å². The zero-order valence-electron chi connectivity index (χ0n) is 12.8. The molecule has 4 heteroatoms. The standard InChI is InChI=1S/C17H21ClN2O/c1-11-6-12(2)20(9-11)10-14-7-13-4-5-15(21-3)8-16(13)19-17(14)18/h4-5,7-8,11-12H,6,9-10H2,1-3H3. The number of nitrogens with zero attached hydrogens (tertiary/aromatic N) is 2. The molecule has 0 amide bonds. The Balaban J connectivity index is 1.90. The van der Waals surface area contributed by atoms with Crippen LogP contribution in [0.4, 0.5) is 0 Å². The van der Waals surface area contributed by atoms with Crippen molar-refractivity contribution in [3.63, 3.8) is 0 Å². The third-order valence-corrected chi connectivity index (χ3v) is 4.66. The zero-order valence-corrected chi connectivity index (χ0v) is 13.5. The van der Waals surface area contributed by atoms with Gasteiger partial charge in [0.1, 0.15) is 10.9 Å². The molecule has 2 aromatic rings. The van der Waals surface area contributed by atoms with Crippen LogP contribution in [0.1, 0.15) is 25.8 Å². The van der Waals surface area contributed by atoms with Crippen LogP contribution in [0, 0.1) is 5.92 Å². The van der Waals surface area contributed by atoms with Gasteiger partial charge in [-0.3, -0.25) is 4.90 Å². The van der Waals surface area contributed by atoms with E-state index in [1.807, 2.05) is 18.2 Å². The summed E-state index contributed by atoms with van der Waals surface area (Å²) in [6.45, 7) is 6.61. The van der Waals surface area contributed by atoms with Gasteiger partial charge in [-0.05, 0) is 37.5 Å². The summed E-state index contributed by atoms with van der Waals surface area (Å²) in [5.41, 5.74) is 1.99. The highest BCUT2D eigenvalue weighted by Crippen LogP contribution is 2.28. The van der Waals surface area contributed by atoms with Crippen LogP contribution < -0.4 is 4.74 Å². The molecule has 0 aliphatic carbocycles. The topological polar surface area (TPSA) is 25.4 Å². The molecular weight excluding hydrogens is 284 g/mol. The Morgan fingerprint density at radius 2 is 2.14 bits per heavy atom. The van der Waals surface area contributed by atoms with Crippen LogP contribution in [0.3, 0.4) is 0 Å². The summed E-state index contributed by atoms with van der Waals surface area (Å²) in [6.07, 6.45) is 1.26. The van der Waals surface area contributed by atoms with E-state index in [2.05, 4.69) is 29.8 Å². The van der Waals surface area contributed by atoms with Gasteiger partial charge in [-0.1, -0.05) is 18.5 Å². The molecule has 1 saturated heterocycles. The first-order chi connectivity index (χ1) is 10.1. The lowest BCUT2D eigenvalue weighted by Crippen LogP contribution is -2.26. The Morgan fingerprint density at radius 3 is 2.81 bits per heavy atom. The summed E-state index contributed by atoms with van der Waals surface area (Å²) in [5, 5.41) is 1.71. The minimum Gasteiger partial charge on any atom is -0.497 e. The number of hydrogen-bond acceptors (Lipinski definition) is 3.